The molecular weight excluding hydrogens is 232 g/mol. The maximum absolute atomic E-state index is 4.32. The van der Waals surface area contributed by atoms with Gasteiger partial charge in [-0.25, -0.2) is 0 Å². The van der Waals surface area contributed by atoms with Gasteiger partial charge in [0.05, 0.1) is 0 Å². The number of nitrogens with zero attached hydrogens (tertiary/aromatic N) is 1. The van der Waals surface area contributed by atoms with Crippen LogP contribution in [0.15, 0.2) is 48.8 Å². The average molecular weight is 252 g/mol. The van der Waals surface area contributed by atoms with Crippen molar-refractivity contribution in [1.82, 2.24) is 10.3 Å². The molecular formula is C17H20N2. The van der Waals surface area contributed by atoms with Crippen LogP contribution in [0.4, 0.5) is 0 Å². The van der Waals surface area contributed by atoms with Crippen LogP contribution < -0.4 is 5.32 Å². The molecule has 1 aromatic heterocycles. The molecule has 1 aromatic carbocycles. The van der Waals surface area contributed by atoms with Crippen molar-refractivity contribution in [2.45, 2.75) is 25.3 Å². The molecule has 0 spiro atoms. The normalized spacial score (nSPS) is 23.1. The molecule has 2 heteroatoms. The highest BCUT2D eigenvalue weighted by atomic mass is 14.9. The van der Waals surface area contributed by atoms with Crippen LogP contribution in [0.2, 0.25) is 0 Å². The minimum absolute atomic E-state index is 0.414. The number of benzene rings is 1. The van der Waals surface area contributed by atoms with Gasteiger partial charge in [0.25, 0.3) is 0 Å². The zero-order valence-corrected chi connectivity index (χ0v) is 11.5. The quantitative estimate of drug-likeness (QED) is 0.901. The van der Waals surface area contributed by atoms with Crippen molar-refractivity contribution in [3.8, 4) is 0 Å². The van der Waals surface area contributed by atoms with Gasteiger partial charge in [0.1, 0.15) is 0 Å². The molecule has 0 saturated heterocycles. The molecule has 0 aliphatic heterocycles. The molecule has 0 bridgehead atoms. The second-order valence-corrected chi connectivity index (χ2v) is 5.48. The van der Waals surface area contributed by atoms with E-state index in [4.69, 9.17) is 0 Å². The third-order valence-corrected chi connectivity index (χ3v) is 4.06. The van der Waals surface area contributed by atoms with Gasteiger partial charge in [-0.2, -0.15) is 0 Å². The van der Waals surface area contributed by atoms with Gasteiger partial charge in [-0.1, -0.05) is 36.4 Å². The first-order valence-electron chi connectivity index (χ1n) is 6.93. The number of nitrogens with one attached hydrogen (secondary N) is 1. The molecule has 1 N–H and O–H groups in total. The molecule has 1 aliphatic rings. The zero-order valence-electron chi connectivity index (χ0n) is 11.5. The molecule has 1 aliphatic carbocycles. The topological polar surface area (TPSA) is 24.9 Å². The van der Waals surface area contributed by atoms with E-state index in [1.807, 2.05) is 19.4 Å². The minimum atomic E-state index is 0.414. The zero-order chi connectivity index (χ0) is 13.2. The molecule has 1 fully saturated rings. The molecule has 1 saturated carbocycles. The van der Waals surface area contributed by atoms with Gasteiger partial charge >= 0.3 is 0 Å². The Hall–Kier alpha value is -1.67. The number of rotatable bonds is 4. The van der Waals surface area contributed by atoms with Crippen molar-refractivity contribution in [1.29, 1.82) is 0 Å². The average Bonchev–Trinajstić information content (AvgIpc) is 3.21. The Bertz CT molecular complexity index is 550. The van der Waals surface area contributed by atoms with Gasteiger partial charge < -0.3 is 5.32 Å². The van der Waals surface area contributed by atoms with E-state index in [1.54, 1.807) is 0 Å². The fourth-order valence-electron chi connectivity index (χ4n) is 3.04. The fourth-order valence-corrected chi connectivity index (χ4v) is 3.04. The molecule has 98 valence electrons. The minimum Gasteiger partial charge on any atom is -0.313 e. The summed E-state index contributed by atoms with van der Waals surface area (Å²) in [5.74, 6) is 1.38. The third-order valence-electron chi connectivity index (χ3n) is 4.06. The Labute approximate surface area is 114 Å². The molecule has 19 heavy (non-hydrogen) atoms. The SMILES string of the molecule is CNC(c1cncc(C)c1)C1CC1c1ccccc1. The summed E-state index contributed by atoms with van der Waals surface area (Å²) in [6.45, 7) is 2.10. The van der Waals surface area contributed by atoms with E-state index in [-0.39, 0.29) is 0 Å². The van der Waals surface area contributed by atoms with Crippen molar-refractivity contribution < 1.29 is 0 Å². The highest BCUT2D eigenvalue weighted by Crippen LogP contribution is 2.53. The molecule has 3 unspecified atom stereocenters. The monoisotopic (exact) mass is 252 g/mol. The number of aromatic nitrogens is 1. The van der Waals surface area contributed by atoms with Crippen LogP contribution in [0.3, 0.4) is 0 Å². The summed E-state index contributed by atoms with van der Waals surface area (Å²) in [7, 11) is 2.05. The van der Waals surface area contributed by atoms with Crippen molar-refractivity contribution in [2.24, 2.45) is 5.92 Å². The van der Waals surface area contributed by atoms with E-state index in [2.05, 4.69) is 53.6 Å². The largest absolute Gasteiger partial charge is 0.313 e. The van der Waals surface area contributed by atoms with Gasteiger partial charge in [-0.05, 0) is 48.9 Å². The van der Waals surface area contributed by atoms with E-state index in [9.17, 15) is 0 Å². The lowest BCUT2D eigenvalue weighted by molar-refractivity contribution is 0.516. The molecule has 0 radical (unpaired) electrons. The summed E-state index contributed by atoms with van der Waals surface area (Å²) in [6, 6.07) is 13.5. The maximum atomic E-state index is 4.32. The van der Waals surface area contributed by atoms with Crippen LogP contribution in [-0.2, 0) is 0 Å². The molecule has 1 heterocycles. The van der Waals surface area contributed by atoms with Gasteiger partial charge in [0.2, 0.25) is 0 Å². The smallest absolute Gasteiger partial charge is 0.0367 e. The summed E-state index contributed by atoms with van der Waals surface area (Å²) in [4.78, 5) is 4.32. The summed E-state index contributed by atoms with van der Waals surface area (Å²) < 4.78 is 0. The van der Waals surface area contributed by atoms with E-state index < -0.39 is 0 Å². The molecule has 3 atom stereocenters. The van der Waals surface area contributed by atoms with Gasteiger partial charge in [-0.3, -0.25) is 4.98 Å². The van der Waals surface area contributed by atoms with Crippen LogP contribution in [0.1, 0.15) is 35.1 Å². The van der Waals surface area contributed by atoms with E-state index in [0.717, 1.165) is 0 Å². The number of aryl methyl sites for hydroxylation is 1. The predicted octanol–water partition coefficient (Wildman–Crippen LogP) is 3.45. The van der Waals surface area contributed by atoms with Crippen LogP contribution in [0, 0.1) is 12.8 Å². The van der Waals surface area contributed by atoms with Crippen LogP contribution in [-0.4, -0.2) is 12.0 Å². The lowest BCUT2D eigenvalue weighted by Gasteiger charge is -2.17. The van der Waals surface area contributed by atoms with Crippen molar-refractivity contribution >= 4 is 0 Å². The number of hydrogen-bond donors (Lipinski definition) is 1. The molecule has 0 amide bonds. The Morgan fingerprint density at radius 2 is 2.00 bits per heavy atom. The van der Waals surface area contributed by atoms with Crippen LogP contribution in [0.25, 0.3) is 0 Å². The Balaban J connectivity index is 1.79. The standard InChI is InChI=1S/C17H20N2/c1-12-8-14(11-19-10-12)17(18-2)16-9-15(16)13-6-4-3-5-7-13/h3-8,10-11,15-18H,9H2,1-2H3. The first-order valence-corrected chi connectivity index (χ1v) is 6.93. The van der Waals surface area contributed by atoms with Crippen molar-refractivity contribution in [3.63, 3.8) is 0 Å². The lowest BCUT2D eigenvalue weighted by atomic mass is 9.99. The third kappa shape index (κ3) is 2.54. The first-order chi connectivity index (χ1) is 9.29. The van der Waals surface area contributed by atoms with E-state index in [1.165, 1.54) is 23.1 Å². The van der Waals surface area contributed by atoms with E-state index >= 15 is 0 Å². The van der Waals surface area contributed by atoms with Gasteiger partial charge in [0, 0.05) is 18.4 Å². The summed E-state index contributed by atoms with van der Waals surface area (Å²) in [5.41, 5.74) is 4.01. The highest BCUT2D eigenvalue weighted by Gasteiger charge is 2.43. The molecule has 2 aromatic rings. The lowest BCUT2D eigenvalue weighted by Crippen LogP contribution is -2.19. The van der Waals surface area contributed by atoms with Crippen molar-refractivity contribution in [3.05, 3.63) is 65.5 Å². The second kappa shape index (κ2) is 5.14. The summed E-state index contributed by atoms with van der Waals surface area (Å²) in [6.07, 6.45) is 5.18. The van der Waals surface area contributed by atoms with Crippen molar-refractivity contribution in [2.75, 3.05) is 7.05 Å². The van der Waals surface area contributed by atoms with Gasteiger partial charge in [-0.15, -0.1) is 0 Å². The van der Waals surface area contributed by atoms with E-state index in [0.29, 0.717) is 17.9 Å². The molecule has 2 nitrogen and oxygen atoms in total. The number of hydrogen-bond acceptors (Lipinski definition) is 2. The maximum Gasteiger partial charge on any atom is 0.0367 e. The van der Waals surface area contributed by atoms with Crippen LogP contribution >= 0.6 is 0 Å². The predicted molar refractivity (Wildman–Crippen MR) is 78.1 cm³/mol. The summed E-state index contributed by atoms with van der Waals surface area (Å²) in [5, 5.41) is 3.47. The number of pyridine rings is 1. The summed E-state index contributed by atoms with van der Waals surface area (Å²) >= 11 is 0. The van der Waals surface area contributed by atoms with Gasteiger partial charge in [0.15, 0.2) is 0 Å². The Morgan fingerprint density at radius 1 is 1.21 bits per heavy atom. The highest BCUT2D eigenvalue weighted by molar-refractivity contribution is 5.30. The Kier molecular flexibility index (Phi) is 3.34. The first kappa shape index (κ1) is 12.4. The molecule has 3 rings (SSSR count). The Morgan fingerprint density at radius 3 is 2.68 bits per heavy atom. The fraction of sp³-hybridized carbons (Fsp3) is 0.353. The van der Waals surface area contributed by atoms with Crippen LogP contribution in [0.5, 0.6) is 0 Å². The second-order valence-electron chi connectivity index (χ2n) is 5.48.